The Morgan fingerprint density at radius 3 is 2.74 bits per heavy atom. The first kappa shape index (κ1) is 13.4. The molecule has 0 saturated carbocycles. The van der Waals surface area contributed by atoms with Crippen LogP contribution in [-0.4, -0.2) is 35.0 Å². The fraction of sp³-hybridized carbons (Fsp3) is 0.333. The summed E-state index contributed by atoms with van der Waals surface area (Å²) in [5, 5.41) is 8.83. The summed E-state index contributed by atoms with van der Waals surface area (Å²) in [7, 11) is 0. The number of benzene rings is 1. The van der Waals surface area contributed by atoms with Crippen LogP contribution in [0.15, 0.2) is 26.9 Å². The number of carboxylic acid groups (broad SMARTS) is 1. The number of rotatable bonds is 5. The van der Waals surface area contributed by atoms with E-state index in [0.29, 0.717) is 24.2 Å². The fourth-order valence-electron chi connectivity index (χ4n) is 1.78. The van der Waals surface area contributed by atoms with Crippen molar-refractivity contribution < 1.29 is 14.7 Å². The molecule has 1 aliphatic heterocycles. The van der Waals surface area contributed by atoms with Gasteiger partial charge in [-0.05, 0) is 24.6 Å². The monoisotopic (exact) mass is 279 g/mol. The van der Waals surface area contributed by atoms with Gasteiger partial charge in [-0.3, -0.25) is 9.59 Å². The zero-order chi connectivity index (χ0) is 13.8. The Hall–Kier alpha value is -2.02. The van der Waals surface area contributed by atoms with Crippen LogP contribution >= 0.6 is 0 Å². The maximum absolute atomic E-state index is 12.3. The van der Waals surface area contributed by atoms with Gasteiger partial charge in [-0.2, -0.15) is 8.73 Å². The molecule has 0 fully saturated rings. The summed E-state index contributed by atoms with van der Waals surface area (Å²) >= 11 is 1.08. The highest BCUT2D eigenvalue weighted by Gasteiger charge is 2.19. The molecule has 1 amide bonds. The molecule has 1 aromatic rings. The molecule has 1 heterocycles. The Morgan fingerprint density at radius 2 is 2.05 bits per heavy atom. The average Bonchev–Trinajstić information content (AvgIpc) is 2.84. The minimum atomic E-state index is -1.02. The van der Waals surface area contributed by atoms with Crippen molar-refractivity contribution in [2.24, 2.45) is 8.73 Å². The van der Waals surface area contributed by atoms with E-state index in [2.05, 4.69) is 8.73 Å². The first-order valence-corrected chi connectivity index (χ1v) is 6.58. The van der Waals surface area contributed by atoms with Crippen LogP contribution in [0.4, 0.5) is 11.4 Å². The molecule has 0 aliphatic carbocycles. The third-order valence-corrected chi connectivity index (χ3v) is 3.16. The second-order valence-corrected chi connectivity index (χ2v) is 4.62. The average molecular weight is 279 g/mol. The van der Waals surface area contributed by atoms with Crippen LogP contribution in [-0.2, 0) is 16.1 Å². The minimum absolute atomic E-state index is 0.292. The van der Waals surface area contributed by atoms with Crippen LogP contribution in [0.25, 0.3) is 0 Å². The summed E-state index contributed by atoms with van der Waals surface area (Å²) in [6.45, 7) is 2.02. The Kier molecular flexibility index (Phi) is 4.06. The molecule has 0 aromatic heterocycles. The lowest BCUT2D eigenvalue weighted by Crippen LogP contribution is -2.36. The van der Waals surface area contributed by atoms with Gasteiger partial charge in [0.15, 0.2) is 0 Å². The number of fused-ring (bicyclic) bond motifs is 1. The molecule has 2 rings (SSSR count). The molecule has 6 nitrogen and oxygen atoms in total. The summed E-state index contributed by atoms with van der Waals surface area (Å²) < 4.78 is 8.13. The van der Waals surface area contributed by atoms with Crippen LogP contribution in [0.5, 0.6) is 0 Å². The van der Waals surface area contributed by atoms with E-state index >= 15 is 0 Å². The molecule has 19 heavy (non-hydrogen) atoms. The molecule has 1 aliphatic rings. The van der Waals surface area contributed by atoms with Crippen LogP contribution in [0.3, 0.4) is 0 Å². The maximum Gasteiger partial charge on any atom is 0.323 e. The quantitative estimate of drug-likeness (QED) is 0.912. The lowest BCUT2D eigenvalue weighted by atomic mass is 10.1. The third kappa shape index (κ3) is 3.05. The van der Waals surface area contributed by atoms with Crippen molar-refractivity contribution in [1.29, 1.82) is 0 Å². The second-order valence-electron chi connectivity index (χ2n) is 4.09. The first-order valence-electron chi connectivity index (χ1n) is 5.85. The summed E-state index contributed by atoms with van der Waals surface area (Å²) in [5.74, 6) is -1.31. The van der Waals surface area contributed by atoms with Gasteiger partial charge in [-0.25, -0.2) is 0 Å². The smallest absolute Gasteiger partial charge is 0.323 e. The molecule has 1 N–H and O–H groups in total. The van der Waals surface area contributed by atoms with E-state index in [4.69, 9.17) is 5.11 Å². The second kappa shape index (κ2) is 5.75. The van der Waals surface area contributed by atoms with Crippen molar-refractivity contribution in [1.82, 2.24) is 4.90 Å². The van der Waals surface area contributed by atoms with Gasteiger partial charge in [-0.15, -0.1) is 0 Å². The number of carbonyl (C=O) groups is 2. The molecule has 0 radical (unpaired) electrons. The highest BCUT2D eigenvalue weighted by molar-refractivity contribution is 7.58. The molecule has 100 valence electrons. The van der Waals surface area contributed by atoms with E-state index in [1.54, 1.807) is 18.2 Å². The van der Waals surface area contributed by atoms with E-state index in [0.717, 1.165) is 17.0 Å². The van der Waals surface area contributed by atoms with E-state index in [1.165, 1.54) is 4.90 Å². The van der Waals surface area contributed by atoms with Gasteiger partial charge in [0.25, 0.3) is 5.91 Å². The van der Waals surface area contributed by atoms with Crippen molar-refractivity contribution in [2.75, 3.05) is 13.1 Å². The van der Waals surface area contributed by atoms with E-state index in [1.807, 2.05) is 6.92 Å². The zero-order valence-electron chi connectivity index (χ0n) is 10.4. The van der Waals surface area contributed by atoms with E-state index < -0.39 is 5.97 Å². The summed E-state index contributed by atoms with van der Waals surface area (Å²) in [4.78, 5) is 24.4. The molecule has 0 bridgehead atoms. The number of carbonyl (C=O) groups excluding carboxylic acids is 1. The topological polar surface area (TPSA) is 82.3 Å². The van der Waals surface area contributed by atoms with Gasteiger partial charge in [-0.1, -0.05) is 6.92 Å². The lowest BCUT2D eigenvalue weighted by Gasteiger charge is -2.20. The van der Waals surface area contributed by atoms with Gasteiger partial charge in [0.2, 0.25) is 0 Å². The fourth-order valence-corrected chi connectivity index (χ4v) is 2.30. The molecule has 0 unspecified atom stereocenters. The molecule has 7 heteroatoms. The number of nitrogens with zero attached hydrogens (tertiary/aromatic N) is 3. The Bertz CT molecular complexity index is 594. The summed E-state index contributed by atoms with van der Waals surface area (Å²) in [6.07, 6.45) is 0.708. The minimum Gasteiger partial charge on any atom is -0.480 e. The SMILES string of the molecule is CCCN(CC(=O)O)C(=O)c1ccc2c(c1)N=S=N2. The van der Waals surface area contributed by atoms with Crippen molar-refractivity contribution in [3.63, 3.8) is 0 Å². The van der Waals surface area contributed by atoms with E-state index in [9.17, 15) is 9.59 Å². The maximum atomic E-state index is 12.3. The van der Waals surface area contributed by atoms with Crippen LogP contribution < -0.4 is 0 Å². The van der Waals surface area contributed by atoms with Gasteiger partial charge < -0.3 is 10.0 Å². The Morgan fingerprint density at radius 1 is 1.32 bits per heavy atom. The molecule has 1 aromatic carbocycles. The highest BCUT2D eigenvalue weighted by atomic mass is 32.1. The lowest BCUT2D eigenvalue weighted by molar-refractivity contribution is -0.137. The molecule has 0 saturated heterocycles. The molecule has 0 spiro atoms. The predicted molar refractivity (Wildman–Crippen MR) is 71.8 cm³/mol. The first-order chi connectivity index (χ1) is 9.11. The number of amides is 1. The number of aliphatic carboxylic acids is 1. The van der Waals surface area contributed by atoms with Crippen molar-refractivity contribution in [2.45, 2.75) is 13.3 Å². The molecular formula is C12H13N3O3S. The normalized spacial score (nSPS) is 11.8. The Balaban J connectivity index is 2.21. The van der Waals surface area contributed by atoms with Gasteiger partial charge in [0, 0.05) is 12.1 Å². The third-order valence-electron chi connectivity index (χ3n) is 2.61. The van der Waals surface area contributed by atoms with Crippen LogP contribution in [0, 0.1) is 0 Å². The Labute approximate surface area is 113 Å². The summed E-state index contributed by atoms with van der Waals surface area (Å²) in [6, 6.07) is 5.01. The standard InChI is InChI=1S/C12H13N3O3S/c1-2-5-15(7-11(16)17)12(18)8-3-4-9-10(6-8)14-19-13-9/h3-4,6H,2,5,7H2,1H3,(H,16,17). The van der Waals surface area contributed by atoms with Crippen molar-refractivity contribution in [3.8, 4) is 0 Å². The molecular weight excluding hydrogens is 266 g/mol. The largest absolute Gasteiger partial charge is 0.480 e. The zero-order valence-corrected chi connectivity index (χ0v) is 11.2. The van der Waals surface area contributed by atoms with Crippen LogP contribution in [0.2, 0.25) is 0 Å². The number of carboxylic acids is 1. The van der Waals surface area contributed by atoms with Crippen molar-refractivity contribution in [3.05, 3.63) is 23.8 Å². The highest BCUT2D eigenvalue weighted by Crippen LogP contribution is 2.32. The van der Waals surface area contributed by atoms with Crippen LogP contribution in [0.1, 0.15) is 23.7 Å². The molecule has 0 atom stereocenters. The predicted octanol–water partition coefficient (Wildman–Crippen LogP) is 2.35. The van der Waals surface area contributed by atoms with E-state index in [-0.39, 0.29) is 12.5 Å². The van der Waals surface area contributed by atoms with Gasteiger partial charge >= 0.3 is 5.97 Å². The number of hydrogen-bond acceptors (Lipinski definition) is 4. The summed E-state index contributed by atoms with van der Waals surface area (Å²) in [5.41, 5.74) is 1.83. The van der Waals surface area contributed by atoms with Crippen molar-refractivity contribution >= 4 is 34.6 Å². The van der Waals surface area contributed by atoms with Gasteiger partial charge in [0.05, 0.1) is 11.4 Å². The number of hydrogen-bond donors (Lipinski definition) is 1. The van der Waals surface area contributed by atoms with Gasteiger partial charge in [0.1, 0.15) is 17.9 Å².